The highest BCUT2D eigenvalue weighted by Gasteiger charge is 2.22. The molecule has 0 aliphatic rings. The molecule has 1 unspecified atom stereocenters. The first-order chi connectivity index (χ1) is 14.1. The molecule has 0 bridgehead atoms. The Morgan fingerprint density at radius 2 is 1.90 bits per heavy atom. The number of anilines is 1. The number of rotatable bonds is 10. The van der Waals surface area contributed by atoms with Crippen LogP contribution in [0.4, 0.5) is 5.69 Å². The fourth-order valence-corrected chi connectivity index (χ4v) is 4.53. The summed E-state index contributed by atoms with van der Waals surface area (Å²) in [4.78, 5) is 15.5. The summed E-state index contributed by atoms with van der Waals surface area (Å²) in [7, 11) is 1.33. The molecule has 2 rings (SSSR count). The highest BCUT2D eigenvalue weighted by atomic mass is 32.2. The lowest BCUT2D eigenvalue weighted by Crippen LogP contribution is -2.29. The lowest BCUT2D eigenvalue weighted by atomic mass is 10.1. The highest BCUT2D eigenvalue weighted by molar-refractivity contribution is 7.99. The highest BCUT2D eigenvalue weighted by Crippen LogP contribution is 2.28. The van der Waals surface area contributed by atoms with Gasteiger partial charge in [-0.25, -0.2) is 18.4 Å². The van der Waals surface area contributed by atoms with E-state index in [9.17, 15) is 13.2 Å². The van der Waals surface area contributed by atoms with Crippen LogP contribution in [0.5, 0.6) is 0 Å². The van der Waals surface area contributed by atoms with Gasteiger partial charge in [0.1, 0.15) is 0 Å². The topological polar surface area (TPSA) is 102 Å². The smallest absolute Gasteiger partial charge is 0.340 e. The van der Waals surface area contributed by atoms with E-state index in [1.807, 2.05) is 32.3 Å². The number of sulfonamides is 1. The molecular formula is C21H29N3O4S2. The Morgan fingerprint density at radius 1 is 1.23 bits per heavy atom. The largest absolute Gasteiger partial charge is 0.465 e. The minimum atomic E-state index is -3.95. The van der Waals surface area contributed by atoms with Crippen molar-refractivity contribution in [1.29, 1.82) is 0 Å². The first kappa shape index (κ1) is 24.2. The Kier molecular flexibility index (Phi) is 8.72. The number of thioether (sulfide) groups is 1. The van der Waals surface area contributed by atoms with E-state index in [2.05, 4.69) is 22.3 Å². The fraction of sp³-hybridized carbons (Fsp3) is 0.381. The lowest BCUT2D eigenvalue weighted by molar-refractivity contribution is 0.0601. The second kappa shape index (κ2) is 10.8. The lowest BCUT2D eigenvalue weighted by Gasteiger charge is -2.24. The van der Waals surface area contributed by atoms with E-state index in [-0.39, 0.29) is 16.5 Å². The number of esters is 1. The van der Waals surface area contributed by atoms with Crippen LogP contribution in [0.2, 0.25) is 0 Å². The number of carbonyl (C=O) groups excluding carboxylic acids is 1. The average molecular weight is 452 g/mol. The van der Waals surface area contributed by atoms with Gasteiger partial charge in [0, 0.05) is 16.7 Å². The molecule has 0 fully saturated rings. The Morgan fingerprint density at radius 3 is 2.47 bits per heavy atom. The number of primary sulfonamides is 1. The Labute approximate surface area is 183 Å². The van der Waals surface area contributed by atoms with E-state index in [1.54, 1.807) is 18.7 Å². The van der Waals surface area contributed by atoms with Crippen molar-refractivity contribution < 1.29 is 17.9 Å². The predicted octanol–water partition coefficient (Wildman–Crippen LogP) is 2.95. The molecule has 0 aliphatic heterocycles. The van der Waals surface area contributed by atoms with Gasteiger partial charge in [-0.3, -0.25) is 0 Å². The van der Waals surface area contributed by atoms with Crippen LogP contribution in [-0.4, -0.2) is 58.8 Å². The molecule has 1 atom stereocenters. The van der Waals surface area contributed by atoms with Crippen LogP contribution in [0.3, 0.4) is 0 Å². The van der Waals surface area contributed by atoms with Crippen LogP contribution < -0.4 is 10.5 Å². The zero-order chi connectivity index (χ0) is 22.3. The van der Waals surface area contributed by atoms with Gasteiger partial charge in [-0.2, -0.15) is 0 Å². The summed E-state index contributed by atoms with van der Waals surface area (Å²) in [6.07, 6.45) is 0.837. The molecule has 0 saturated heterocycles. The molecule has 30 heavy (non-hydrogen) atoms. The molecule has 164 valence electrons. The van der Waals surface area contributed by atoms with Gasteiger partial charge >= 0.3 is 5.97 Å². The summed E-state index contributed by atoms with van der Waals surface area (Å²) in [6, 6.07) is 12.9. The standard InChI is InChI=1S/C21H29N3O4S2/c1-15-12-18(30(22,26)27)13-19(21(25)28-4)20(15)23-16(10-11-24(2)3)14-29-17-8-6-5-7-9-17/h5-9,12-13,16,23H,10-11,14H2,1-4H3,(H2,22,26,27). The Balaban J connectivity index is 2.35. The van der Waals surface area contributed by atoms with Crippen LogP contribution in [0.25, 0.3) is 0 Å². The van der Waals surface area contributed by atoms with Crippen LogP contribution in [0.1, 0.15) is 22.3 Å². The van der Waals surface area contributed by atoms with E-state index >= 15 is 0 Å². The van der Waals surface area contributed by atoms with Gasteiger partial charge < -0.3 is 15.0 Å². The molecule has 7 nitrogen and oxygen atoms in total. The van der Waals surface area contributed by atoms with Crippen LogP contribution in [0, 0.1) is 6.92 Å². The van der Waals surface area contributed by atoms with E-state index in [0.29, 0.717) is 11.3 Å². The normalized spacial score (nSPS) is 12.6. The van der Waals surface area contributed by atoms with Crippen molar-refractivity contribution in [3.8, 4) is 0 Å². The number of nitrogens with two attached hydrogens (primary N) is 1. The Hall–Kier alpha value is -2.07. The number of hydrogen-bond acceptors (Lipinski definition) is 7. The molecule has 2 aromatic carbocycles. The van der Waals surface area contributed by atoms with Crippen molar-refractivity contribution >= 4 is 33.4 Å². The van der Waals surface area contributed by atoms with E-state index in [4.69, 9.17) is 9.88 Å². The summed E-state index contributed by atoms with van der Waals surface area (Å²) in [5.41, 5.74) is 1.33. The monoisotopic (exact) mass is 451 g/mol. The number of benzene rings is 2. The van der Waals surface area contributed by atoms with Crippen LogP contribution in [-0.2, 0) is 14.8 Å². The molecule has 0 spiro atoms. The minimum Gasteiger partial charge on any atom is -0.465 e. The fourth-order valence-electron chi connectivity index (χ4n) is 2.91. The number of nitrogens with zero attached hydrogens (tertiary/aromatic N) is 1. The molecule has 9 heteroatoms. The molecule has 0 aromatic heterocycles. The number of methoxy groups -OCH3 is 1. The molecule has 0 heterocycles. The van der Waals surface area contributed by atoms with Crippen LogP contribution in [0.15, 0.2) is 52.3 Å². The first-order valence-corrected chi connectivity index (χ1v) is 12.0. The van der Waals surface area contributed by atoms with Crippen molar-refractivity contribution in [1.82, 2.24) is 4.90 Å². The maximum absolute atomic E-state index is 12.4. The minimum absolute atomic E-state index is 0.0417. The molecule has 2 aromatic rings. The zero-order valence-electron chi connectivity index (χ0n) is 17.7. The summed E-state index contributed by atoms with van der Waals surface area (Å²) >= 11 is 1.72. The number of hydrogen-bond donors (Lipinski definition) is 2. The van der Waals surface area contributed by atoms with Gasteiger partial charge in [-0.15, -0.1) is 11.8 Å². The third kappa shape index (κ3) is 7.02. The first-order valence-electron chi connectivity index (χ1n) is 9.46. The van der Waals surface area contributed by atoms with Gasteiger partial charge in [0.15, 0.2) is 0 Å². The van der Waals surface area contributed by atoms with Gasteiger partial charge in [-0.05, 0) is 63.8 Å². The van der Waals surface area contributed by atoms with Gasteiger partial charge in [0.05, 0.1) is 23.3 Å². The second-order valence-corrected chi connectivity index (χ2v) is 9.91. The van der Waals surface area contributed by atoms with Crippen molar-refractivity contribution in [3.05, 3.63) is 53.6 Å². The SMILES string of the molecule is COC(=O)c1cc(S(N)(=O)=O)cc(C)c1NC(CCN(C)C)CSc1ccccc1. The number of carbonyl (C=O) groups is 1. The zero-order valence-corrected chi connectivity index (χ0v) is 19.3. The second-order valence-electron chi connectivity index (χ2n) is 7.26. The number of ether oxygens (including phenoxy) is 1. The summed E-state index contributed by atoms with van der Waals surface area (Å²) in [6.45, 7) is 2.60. The summed E-state index contributed by atoms with van der Waals surface area (Å²) < 4.78 is 28.5. The quantitative estimate of drug-likeness (QED) is 0.423. The van der Waals surface area contributed by atoms with E-state index in [0.717, 1.165) is 23.6 Å². The molecule has 3 N–H and O–H groups in total. The van der Waals surface area contributed by atoms with E-state index in [1.165, 1.54) is 19.2 Å². The van der Waals surface area contributed by atoms with E-state index < -0.39 is 16.0 Å². The van der Waals surface area contributed by atoms with Crippen LogP contribution >= 0.6 is 11.8 Å². The number of nitrogens with one attached hydrogen (secondary N) is 1. The average Bonchev–Trinajstić information content (AvgIpc) is 2.70. The van der Waals surface area contributed by atoms with Gasteiger partial charge in [0.25, 0.3) is 0 Å². The molecule has 0 aliphatic carbocycles. The molecular weight excluding hydrogens is 422 g/mol. The summed E-state index contributed by atoms with van der Waals surface area (Å²) in [5, 5.41) is 8.72. The maximum Gasteiger partial charge on any atom is 0.340 e. The summed E-state index contributed by atoms with van der Waals surface area (Å²) in [5.74, 6) is 0.155. The molecule has 0 amide bonds. The van der Waals surface area contributed by atoms with Crippen molar-refractivity contribution in [2.45, 2.75) is 29.2 Å². The number of aryl methyl sites for hydroxylation is 1. The van der Waals surface area contributed by atoms with Crippen molar-refractivity contribution in [2.75, 3.05) is 38.8 Å². The van der Waals surface area contributed by atoms with Crippen molar-refractivity contribution in [3.63, 3.8) is 0 Å². The predicted molar refractivity (Wildman–Crippen MR) is 122 cm³/mol. The third-order valence-electron chi connectivity index (χ3n) is 4.51. The van der Waals surface area contributed by atoms with Gasteiger partial charge in [-0.1, -0.05) is 18.2 Å². The maximum atomic E-state index is 12.4. The Bertz CT molecular complexity index is 964. The van der Waals surface area contributed by atoms with Crippen molar-refractivity contribution in [2.24, 2.45) is 5.14 Å². The molecule has 0 radical (unpaired) electrons. The molecule has 0 saturated carbocycles. The third-order valence-corrected chi connectivity index (χ3v) is 6.58. The van der Waals surface area contributed by atoms with Gasteiger partial charge in [0.2, 0.25) is 10.0 Å².